The van der Waals surface area contributed by atoms with Gasteiger partial charge in [-0.3, -0.25) is 0 Å². The molecule has 0 aliphatic heterocycles. The lowest BCUT2D eigenvalue weighted by Crippen LogP contribution is -2.08. The van der Waals surface area contributed by atoms with Crippen LogP contribution < -0.4 is 5.32 Å². The Morgan fingerprint density at radius 1 is 0.897 bits per heavy atom. The summed E-state index contributed by atoms with van der Waals surface area (Å²) in [5, 5.41) is 4.87. The summed E-state index contributed by atoms with van der Waals surface area (Å²) in [5.74, 6) is 0.975. The van der Waals surface area contributed by atoms with E-state index in [0.717, 1.165) is 24.6 Å². The van der Waals surface area contributed by atoms with Crippen molar-refractivity contribution < 1.29 is 0 Å². The number of aromatic nitrogens is 3. The Morgan fingerprint density at radius 2 is 1.66 bits per heavy atom. The van der Waals surface area contributed by atoms with Gasteiger partial charge in [-0.05, 0) is 30.2 Å². The number of nitrogens with one attached hydrogen (secondary N) is 2. The number of unbranched alkanes of at least 4 members (excludes halogenated alkanes) is 6. The van der Waals surface area contributed by atoms with E-state index in [4.69, 9.17) is 4.98 Å². The monoisotopic (exact) mass is 388 g/mol. The number of fused-ring (bicyclic) bond motifs is 2. The third-order valence-electron chi connectivity index (χ3n) is 5.75. The number of aryl methyl sites for hydroxylation is 1. The highest BCUT2D eigenvalue weighted by Gasteiger charge is 2.11. The van der Waals surface area contributed by atoms with Crippen LogP contribution in [0.1, 0.15) is 57.4 Å². The maximum atomic E-state index is 4.87. The number of H-pyrrole nitrogens is 1. The van der Waals surface area contributed by atoms with Crippen LogP contribution in [0, 0.1) is 0 Å². The van der Waals surface area contributed by atoms with Crippen molar-refractivity contribution >= 4 is 27.9 Å². The van der Waals surface area contributed by atoms with Crippen molar-refractivity contribution in [2.45, 2.75) is 65.0 Å². The molecule has 2 N–H and O–H groups in total. The van der Waals surface area contributed by atoms with E-state index in [1.54, 1.807) is 0 Å². The molecule has 4 nitrogen and oxygen atoms in total. The third-order valence-corrected chi connectivity index (χ3v) is 5.75. The van der Waals surface area contributed by atoms with Crippen molar-refractivity contribution in [2.75, 3.05) is 5.32 Å². The molecule has 0 radical (unpaired) electrons. The van der Waals surface area contributed by atoms with Gasteiger partial charge in [0.1, 0.15) is 0 Å². The predicted molar refractivity (Wildman–Crippen MR) is 123 cm³/mol. The topological polar surface area (TPSA) is 45.6 Å². The molecular weight excluding hydrogens is 356 g/mol. The van der Waals surface area contributed by atoms with Crippen LogP contribution in [-0.4, -0.2) is 14.5 Å². The summed E-state index contributed by atoms with van der Waals surface area (Å²) in [6, 6.07) is 16.9. The maximum Gasteiger partial charge on any atom is 0.204 e. The van der Waals surface area contributed by atoms with Gasteiger partial charge in [-0.25, -0.2) is 4.98 Å². The van der Waals surface area contributed by atoms with E-state index < -0.39 is 0 Å². The number of hydrogen-bond donors (Lipinski definition) is 2. The van der Waals surface area contributed by atoms with Crippen LogP contribution in [0.2, 0.25) is 0 Å². The first kappa shape index (κ1) is 19.6. The van der Waals surface area contributed by atoms with E-state index in [2.05, 4.69) is 76.5 Å². The smallest absolute Gasteiger partial charge is 0.204 e. The molecule has 0 aliphatic carbocycles. The molecule has 2 heterocycles. The number of anilines is 1. The van der Waals surface area contributed by atoms with Crippen LogP contribution in [0.5, 0.6) is 0 Å². The number of rotatable bonds is 11. The van der Waals surface area contributed by atoms with Gasteiger partial charge >= 0.3 is 0 Å². The lowest BCUT2D eigenvalue weighted by Gasteiger charge is -2.11. The SMILES string of the molecule is CCCCCCCCCn1c(NCc2c[nH]c3ccccc23)nc2ccccc21. The lowest BCUT2D eigenvalue weighted by molar-refractivity contribution is 0.556. The Morgan fingerprint density at radius 3 is 2.55 bits per heavy atom. The van der Waals surface area contributed by atoms with Gasteiger partial charge in [0.05, 0.1) is 11.0 Å². The second-order valence-corrected chi connectivity index (χ2v) is 7.91. The lowest BCUT2D eigenvalue weighted by atomic mass is 10.1. The summed E-state index contributed by atoms with van der Waals surface area (Å²) < 4.78 is 2.36. The summed E-state index contributed by atoms with van der Waals surface area (Å²) in [4.78, 5) is 8.23. The van der Waals surface area contributed by atoms with Gasteiger partial charge in [-0.2, -0.15) is 0 Å². The second-order valence-electron chi connectivity index (χ2n) is 7.91. The summed E-state index contributed by atoms with van der Waals surface area (Å²) in [6.07, 6.45) is 11.4. The molecule has 0 saturated carbocycles. The maximum absolute atomic E-state index is 4.87. The Labute approximate surface area is 173 Å². The van der Waals surface area contributed by atoms with Gasteiger partial charge in [-0.15, -0.1) is 0 Å². The Hall–Kier alpha value is -2.75. The zero-order valence-electron chi connectivity index (χ0n) is 17.5. The number of para-hydroxylation sites is 3. The van der Waals surface area contributed by atoms with Crippen LogP contribution >= 0.6 is 0 Å². The fourth-order valence-electron chi connectivity index (χ4n) is 4.12. The minimum Gasteiger partial charge on any atom is -0.361 e. The molecular formula is C25H32N4. The molecule has 0 aliphatic rings. The average molecular weight is 389 g/mol. The molecule has 0 amide bonds. The first-order valence-electron chi connectivity index (χ1n) is 11.1. The normalized spacial score (nSPS) is 11.5. The minimum atomic E-state index is 0.768. The Kier molecular flexibility index (Phi) is 6.50. The molecule has 29 heavy (non-hydrogen) atoms. The van der Waals surface area contributed by atoms with E-state index in [9.17, 15) is 0 Å². The van der Waals surface area contributed by atoms with Gasteiger partial charge < -0.3 is 14.9 Å². The largest absolute Gasteiger partial charge is 0.361 e. The van der Waals surface area contributed by atoms with Crippen LogP contribution in [0.15, 0.2) is 54.7 Å². The predicted octanol–water partition coefficient (Wildman–Crippen LogP) is 6.88. The molecule has 0 bridgehead atoms. The highest BCUT2D eigenvalue weighted by Crippen LogP contribution is 2.23. The Bertz CT molecular complexity index is 1040. The average Bonchev–Trinajstić information content (AvgIpc) is 3.33. The first-order valence-corrected chi connectivity index (χ1v) is 11.1. The van der Waals surface area contributed by atoms with Crippen molar-refractivity contribution in [2.24, 2.45) is 0 Å². The molecule has 152 valence electrons. The van der Waals surface area contributed by atoms with E-state index in [1.807, 2.05) is 0 Å². The standard InChI is InChI=1S/C25H32N4/c1-2-3-4-5-6-7-12-17-29-24-16-11-10-15-23(24)28-25(29)27-19-20-18-26-22-14-9-8-13-21(20)22/h8-11,13-16,18,26H,2-7,12,17,19H2,1H3,(H,27,28). The molecule has 0 saturated heterocycles. The minimum absolute atomic E-state index is 0.768. The summed E-state index contributed by atoms with van der Waals surface area (Å²) in [7, 11) is 0. The highest BCUT2D eigenvalue weighted by molar-refractivity contribution is 5.83. The fourth-order valence-corrected chi connectivity index (χ4v) is 4.12. The van der Waals surface area contributed by atoms with Crippen molar-refractivity contribution in [1.29, 1.82) is 0 Å². The second kappa shape index (κ2) is 9.64. The molecule has 4 heteroatoms. The van der Waals surface area contributed by atoms with Crippen molar-refractivity contribution in [3.63, 3.8) is 0 Å². The van der Waals surface area contributed by atoms with Crippen LogP contribution in [0.25, 0.3) is 21.9 Å². The van der Waals surface area contributed by atoms with Gasteiger partial charge in [0.2, 0.25) is 5.95 Å². The molecule has 2 aromatic heterocycles. The number of aromatic amines is 1. The van der Waals surface area contributed by atoms with E-state index >= 15 is 0 Å². The van der Waals surface area contributed by atoms with Gasteiger partial charge in [0.15, 0.2) is 0 Å². The zero-order chi connectivity index (χ0) is 19.9. The summed E-state index contributed by atoms with van der Waals surface area (Å²) >= 11 is 0. The van der Waals surface area contributed by atoms with Crippen LogP contribution in [0.3, 0.4) is 0 Å². The van der Waals surface area contributed by atoms with Gasteiger partial charge in [0, 0.05) is 30.2 Å². The highest BCUT2D eigenvalue weighted by atomic mass is 15.2. The van der Waals surface area contributed by atoms with E-state index in [-0.39, 0.29) is 0 Å². The number of imidazole rings is 1. The van der Waals surface area contributed by atoms with Gasteiger partial charge in [0.25, 0.3) is 0 Å². The molecule has 4 rings (SSSR count). The molecule has 2 aromatic carbocycles. The van der Waals surface area contributed by atoms with Crippen molar-refractivity contribution in [1.82, 2.24) is 14.5 Å². The Balaban J connectivity index is 1.43. The first-order chi connectivity index (χ1) is 14.4. The number of hydrogen-bond acceptors (Lipinski definition) is 2. The fraction of sp³-hybridized carbons (Fsp3) is 0.400. The van der Waals surface area contributed by atoms with Gasteiger partial charge in [-0.1, -0.05) is 75.8 Å². The van der Waals surface area contributed by atoms with Crippen molar-refractivity contribution in [3.05, 3.63) is 60.3 Å². The quantitative estimate of drug-likeness (QED) is 0.275. The molecule has 0 fully saturated rings. The van der Waals surface area contributed by atoms with Crippen LogP contribution in [-0.2, 0) is 13.1 Å². The molecule has 0 atom stereocenters. The molecule has 0 unspecified atom stereocenters. The van der Waals surface area contributed by atoms with E-state index in [1.165, 1.54) is 66.9 Å². The van der Waals surface area contributed by atoms with Crippen molar-refractivity contribution in [3.8, 4) is 0 Å². The third kappa shape index (κ3) is 4.64. The molecule has 0 spiro atoms. The van der Waals surface area contributed by atoms with E-state index in [0.29, 0.717) is 0 Å². The summed E-state index contributed by atoms with van der Waals surface area (Å²) in [5.41, 5.74) is 4.74. The molecule has 4 aromatic rings. The number of benzene rings is 2. The summed E-state index contributed by atoms with van der Waals surface area (Å²) in [6.45, 7) is 4.06. The number of nitrogens with zero attached hydrogens (tertiary/aromatic N) is 2. The zero-order valence-corrected chi connectivity index (χ0v) is 17.5. The van der Waals surface area contributed by atoms with Crippen LogP contribution in [0.4, 0.5) is 5.95 Å².